The number of allylic oxidation sites excluding steroid dienone is 1. The van der Waals surface area contributed by atoms with E-state index >= 15 is 0 Å². The molecule has 0 rings (SSSR count). The van der Waals surface area contributed by atoms with Crippen LogP contribution in [0.4, 0.5) is 0 Å². The molecule has 0 saturated carbocycles. The maximum absolute atomic E-state index is 11.5. The van der Waals surface area contributed by atoms with Gasteiger partial charge in [0.15, 0.2) is 0 Å². The molecule has 0 aromatic heterocycles. The lowest BCUT2D eigenvalue weighted by Gasteiger charge is -2.04. The average molecular weight is 341 g/mol. The van der Waals surface area contributed by atoms with Crippen LogP contribution in [0.2, 0.25) is 0 Å². The van der Waals surface area contributed by atoms with Crippen molar-refractivity contribution in [1.29, 1.82) is 0 Å². The van der Waals surface area contributed by atoms with E-state index in [0.717, 1.165) is 45.3 Å². The summed E-state index contributed by atoms with van der Waals surface area (Å²) in [7, 11) is 0. The van der Waals surface area contributed by atoms with Gasteiger partial charge in [-0.15, -0.1) is 0 Å². The molecule has 0 radical (unpaired) electrons. The van der Waals surface area contributed by atoms with Gasteiger partial charge in [0.25, 0.3) is 0 Å². The number of hydrogen-bond acceptors (Lipinski definition) is 4. The summed E-state index contributed by atoms with van der Waals surface area (Å²) in [6, 6.07) is 0. The molecule has 0 atom stereocenters. The summed E-state index contributed by atoms with van der Waals surface area (Å²) in [6.45, 7) is 5.37. The zero-order valence-electron chi connectivity index (χ0n) is 15.9. The largest absolute Gasteiger partial charge is 0.462 e. The van der Waals surface area contributed by atoms with E-state index < -0.39 is 0 Å². The van der Waals surface area contributed by atoms with Crippen LogP contribution in [0.5, 0.6) is 0 Å². The molecule has 0 saturated heterocycles. The van der Waals surface area contributed by atoms with E-state index in [2.05, 4.69) is 12.2 Å². The molecule has 0 bridgehead atoms. The minimum absolute atomic E-state index is 0.210. The van der Waals surface area contributed by atoms with Gasteiger partial charge in [-0.2, -0.15) is 0 Å². The van der Waals surface area contributed by atoms with Crippen LogP contribution >= 0.6 is 0 Å². The van der Waals surface area contributed by atoms with E-state index in [1.54, 1.807) is 6.08 Å². The van der Waals surface area contributed by atoms with Gasteiger partial charge in [0, 0.05) is 6.08 Å². The Bertz CT molecular complexity index is 293. The first-order valence-corrected chi connectivity index (χ1v) is 10.0. The van der Waals surface area contributed by atoms with Crippen molar-refractivity contribution < 1.29 is 9.53 Å². The summed E-state index contributed by atoms with van der Waals surface area (Å²) in [5, 5.41) is 3.32. The van der Waals surface area contributed by atoms with E-state index in [1.165, 1.54) is 51.4 Å². The third kappa shape index (κ3) is 19.2. The summed E-state index contributed by atoms with van der Waals surface area (Å²) in [4.78, 5) is 11.5. The average Bonchev–Trinajstić information content (AvgIpc) is 2.59. The molecule has 0 unspecified atom stereocenters. The zero-order valence-corrected chi connectivity index (χ0v) is 15.9. The molecule has 0 aliphatic carbocycles. The fraction of sp³-hybridized carbons (Fsp3) is 0.850. The number of hydrogen-bond donors (Lipinski definition) is 2. The van der Waals surface area contributed by atoms with Crippen molar-refractivity contribution in [1.82, 2.24) is 5.32 Å². The topological polar surface area (TPSA) is 64.3 Å². The Kier molecular flexibility index (Phi) is 19.4. The second kappa shape index (κ2) is 20.2. The van der Waals surface area contributed by atoms with Gasteiger partial charge < -0.3 is 15.8 Å². The van der Waals surface area contributed by atoms with Crippen molar-refractivity contribution >= 4 is 5.97 Å². The van der Waals surface area contributed by atoms with Gasteiger partial charge in [-0.3, -0.25) is 0 Å². The minimum atomic E-state index is -0.210. The number of unbranched alkanes of at least 4 members (excludes halogenated alkanes) is 9. The number of esters is 1. The highest BCUT2D eigenvalue weighted by molar-refractivity contribution is 5.81. The van der Waals surface area contributed by atoms with Crippen molar-refractivity contribution in [2.24, 2.45) is 5.73 Å². The van der Waals surface area contributed by atoms with Crippen molar-refractivity contribution in [3.05, 3.63) is 12.2 Å². The highest BCUT2D eigenvalue weighted by atomic mass is 16.5. The standard InChI is InChI=1S/C20H40N2O2/c1-2-3-4-5-6-7-8-9-10-11-15-20(23)24-19-14-18-22-17-13-12-16-21/h11,15,22H,2-10,12-14,16-19,21H2,1H3. The molecule has 4 nitrogen and oxygen atoms in total. The molecule has 24 heavy (non-hydrogen) atoms. The molecular formula is C20H40N2O2. The lowest BCUT2D eigenvalue weighted by molar-refractivity contribution is -0.137. The van der Waals surface area contributed by atoms with E-state index in [0.29, 0.717) is 6.61 Å². The number of nitrogens with one attached hydrogen (secondary N) is 1. The van der Waals surface area contributed by atoms with E-state index in [-0.39, 0.29) is 5.97 Å². The number of ether oxygens (including phenoxy) is 1. The Labute approximate surface area is 149 Å². The highest BCUT2D eigenvalue weighted by Crippen LogP contribution is 2.09. The van der Waals surface area contributed by atoms with Gasteiger partial charge >= 0.3 is 5.97 Å². The van der Waals surface area contributed by atoms with Crippen molar-refractivity contribution in [2.45, 2.75) is 84.0 Å². The SMILES string of the molecule is CCCCCCCCCCC=CC(=O)OCCCNCCCCN. The predicted molar refractivity (Wildman–Crippen MR) is 103 cm³/mol. The number of carbonyl (C=O) groups is 1. The first kappa shape index (κ1) is 23.1. The molecule has 0 amide bonds. The summed E-state index contributed by atoms with van der Waals surface area (Å²) < 4.78 is 5.17. The van der Waals surface area contributed by atoms with Gasteiger partial charge in [-0.1, -0.05) is 57.9 Å². The fourth-order valence-electron chi connectivity index (χ4n) is 2.51. The molecule has 0 aromatic carbocycles. The van der Waals surface area contributed by atoms with Gasteiger partial charge in [-0.05, 0) is 51.7 Å². The molecule has 3 N–H and O–H groups in total. The fourth-order valence-corrected chi connectivity index (χ4v) is 2.51. The third-order valence-electron chi connectivity index (χ3n) is 4.03. The van der Waals surface area contributed by atoms with Crippen LogP contribution in [-0.2, 0) is 9.53 Å². The second-order valence-electron chi connectivity index (χ2n) is 6.43. The molecule has 4 heteroatoms. The van der Waals surface area contributed by atoms with Crippen LogP contribution in [0.25, 0.3) is 0 Å². The number of nitrogens with two attached hydrogens (primary N) is 1. The molecule has 0 aromatic rings. The Morgan fingerprint density at radius 3 is 2.29 bits per heavy atom. The summed E-state index contributed by atoms with van der Waals surface area (Å²) in [5.74, 6) is -0.210. The first-order chi connectivity index (χ1) is 11.8. The summed E-state index contributed by atoms with van der Waals surface area (Å²) >= 11 is 0. The second-order valence-corrected chi connectivity index (χ2v) is 6.43. The van der Waals surface area contributed by atoms with E-state index in [1.807, 2.05) is 6.08 Å². The molecule has 142 valence electrons. The van der Waals surface area contributed by atoms with E-state index in [4.69, 9.17) is 10.5 Å². The lowest BCUT2D eigenvalue weighted by Crippen LogP contribution is -2.19. The maximum atomic E-state index is 11.5. The smallest absolute Gasteiger partial charge is 0.330 e. The summed E-state index contributed by atoms with van der Waals surface area (Å²) in [5.41, 5.74) is 5.43. The van der Waals surface area contributed by atoms with Gasteiger partial charge in [0.2, 0.25) is 0 Å². The quantitative estimate of drug-likeness (QED) is 0.221. The first-order valence-electron chi connectivity index (χ1n) is 10.0. The van der Waals surface area contributed by atoms with Crippen molar-refractivity contribution in [3.63, 3.8) is 0 Å². The van der Waals surface area contributed by atoms with Gasteiger partial charge in [0.05, 0.1) is 6.61 Å². The monoisotopic (exact) mass is 340 g/mol. The predicted octanol–water partition coefficient (Wildman–Crippen LogP) is 4.34. The Balaban J connectivity index is 3.25. The third-order valence-corrected chi connectivity index (χ3v) is 4.03. The molecule has 0 aliphatic rings. The molecule has 0 heterocycles. The van der Waals surface area contributed by atoms with Crippen LogP contribution in [0, 0.1) is 0 Å². The highest BCUT2D eigenvalue weighted by Gasteiger charge is 1.96. The maximum Gasteiger partial charge on any atom is 0.330 e. The lowest BCUT2D eigenvalue weighted by atomic mass is 10.1. The van der Waals surface area contributed by atoms with Gasteiger partial charge in [-0.25, -0.2) is 4.79 Å². The molecule has 0 aliphatic heterocycles. The van der Waals surface area contributed by atoms with Crippen LogP contribution in [-0.4, -0.2) is 32.2 Å². The molecule has 0 spiro atoms. The van der Waals surface area contributed by atoms with Crippen LogP contribution in [0.15, 0.2) is 12.2 Å². The van der Waals surface area contributed by atoms with Crippen molar-refractivity contribution in [2.75, 3.05) is 26.2 Å². The van der Waals surface area contributed by atoms with Crippen LogP contribution in [0.3, 0.4) is 0 Å². The number of rotatable bonds is 18. The summed E-state index contributed by atoms with van der Waals surface area (Å²) in [6.07, 6.45) is 18.1. The Morgan fingerprint density at radius 1 is 0.917 bits per heavy atom. The zero-order chi connectivity index (χ0) is 17.7. The van der Waals surface area contributed by atoms with Crippen LogP contribution < -0.4 is 11.1 Å². The number of carbonyl (C=O) groups excluding carboxylic acids is 1. The Hall–Kier alpha value is -0.870. The van der Waals surface area contributed by atoms with E-state index in [9.17, 15) is 4.79 Å². The van der Waals surface area contributed by atoms with Crippen molar-refractivity contribution in [3.8, 4) is 0 Å². The van der Waals surface area contributed by atoms with Crippen LogP contribution in [0.1, 0.15) is 84.0 Å². The molecular weight excluding hydrogens is 300 g/mol. The Morgan fingerprint density at radius 2 is 1.58 bits per heavy atom. The normalized spacial score (nSPS) is 11.2. The van der Waals surface area contributed by atoms with Gasteiger partial charge in [0.1, 0.15) is 0 Å². The molecule has 0 fully saturated rings. The minimum Gasteiger partial charge on any atom is -0.462 e.